The third kappa shape index (κ3) is 5.78. The van der Waals surface area contributed by atoms with E-state index in [-0.39, 0.29) is 17.9 Å². The smallest absolute Gasteiger partial charge is 0.260 e. The van der Waals surface area contributed by atoms with Gasteiger partial charge in [-0.25, -0.2) is 4.98 Å². The molecule has 4 heterocycles. The number of piperidine rings is 1. The average Bonchev–Trinajstić information content (AvgIpc) is 3.60. The number of fused-ring (bicyclic) bond motifs is 2. The zero-order valence-electron chi connectivity index (χ0n) is 27.1. The number of amides is 2. The number of hydrogen-bond donors (Lipinski definition) is 1. The highest BCUT2D eigenvalue weighted by molar-refractivity contribution is 6.13. The molecule has 0 radical (unpaired) electrons. The molecular formula is C35H44N8O3. The van der Waals surface area contributed by atoms with E-state index in [9.17, 15) is 9.59 Å². The molecule has 2 aromatic carbocycles. The molecule has 4 aliphatic rings. The standard InChI is InChI=1S/C35H44N8O3/c1-39-18-20-41(21-19-39)25-14-16-42(17-15-25)33(44)24-12-13-28(31(22-24)46-3)37-35-36-23-30-32(38-35)43(26-8-4-5-9-26)29-11-7-6-10-27(29)34(45)40(30)2/h6-7,10-13,22-23,25-26H,4-5,8-9,14-21H2,1-3H3,(H,36,37,38). The van der Waals surface area contributed by atoms with Gasteiger partial charge in [0.05, 0.1) is 30.2 Å². The Bertz CT molecular complexity index is 1590. The lowest BCUT2D eigenvalue weighted by molar-refractivity contribution is 0.0518. The van der Waals surface area contributed by atoms with Gasteiger partial charge in [-0.05, 0) is 63.1 Å². The lowest BCUT2D eigenvalue weighted by atomic mass is 10.0. The van der Waals surface area contributed by atoms with Crippen molar-refractivity contribution >= 4 is 40.6 Å². The largest absolute Gasteiger partial charge is 0.495 e. The molecule has 0 atom stereocenters. The average molecular weight is 625 g/mol. The third-order valence-electron chi connectivity index (χ3n) is 10.2. The summed E-state index contributed by atoms with van der Waals surface area (Å²) in [5.41, 5.74) is 3.48. The van der Waals surface area contributed by atoms with Gasteiger partial charge in [0.2, 0.25) is 5.95 Å². The van der Waals surface area contributed by atoms with E-state index in [0.717, 1.165) is 83.5 Å². The monoisotopic (exact) mass is 624 g/mol. The molecule has 0 bridgehead atoms. The second-order valence-electron chi connectivity index (χ2n) is 13.0. The van der Waals surface area contributed by atoms with Gasteiger partial charge in [-0.3, -0.25) is 14.5 Å². The van der Waals surface area contributed by atoms with Crippen molar-refractivity contribution < 1.29 is 14.3 Å². The fourth-order valence-electron chi connectivity index (χ4n) is 7.49. The van der Waals surface area contributed by atoms with E-state index < -0.39 is 0 Å². The van der Waals surface area contributed by atoms with E-state index >= 15 is 0 Å². The first-order chi connectivity index (χ1) is 22.4. The van der Waals surface area contributed by atoms with E-state index in [2.05, 4.69) is 32.0 Å². The van der Waals surface area contributed by atoms with Crippen LogP contribution in [0.15, 0.2) is 48.7 Å². The fourth-order valence-corrected chi connectivity index (χ4v) is 7.49. The molecule has 1 saturated carbocycles. The summed E-state index contributed by atoms with van der Waals surface area (Å²) in [4.78, 5) is 47.5. The molecular weight excluding hydrogens is 580 g/mol. The van der Waals surface area contributed by atoms with Crippen LogP contribution in [0.3, 0.4) is 0 Å². The third-order valence-corrected chi connectivity index (χ3v) is 10.2. The second-order valence-corrected chi connectivity index (χ2v) is 13.0. The number of likely N-dealkylation sites (tertiary alicyclic amines) is 1. The van der Waals surface area contributed by atoms with Gasteiger partial charge in [-0.2, -0.15) is 4.98 Å². The maximum absolute atomic E-state index is 13.5. The number of aromatic nitrogens is 2. The number of nitrogens with one attached hydrogen (secondary N) is 1. The Morgan fingerprint density at radius 1 is 0.891 bits per heavy atom. The van der Waals surface area contributed by atoms with Gasteiger partial charge >= 0.3 is 0 Å². The first-order valence-corrected chi connectivity index (χ1v) is 16.6. The highest BCUT2D eigenvalue weighted by Gasteiger charge is 2.36. The van der Waals surface area contributed by atoms with E-state index in [1.165, 1.54) is 0 Å². The molecule has 1 aliphatic carbocycles. The van der Waals surface area contributed by atoms with Gasteiger partial charge in [0, 0.05) is 64.0 Å². The molecule has 11 heteroatoms. The number of likely N-dealkylation sites (N-methyl/N-ethyl adjacent to an activating group) is 1. The number of ether oxygens (including phenoxy) is 1. The van der Waals surface area contributed by atoms with Crippen LogP contribution in [0.4, 0.5) is 28.8 Å². The SMILES string of the molecule is COc1cc(C(=O)N2CCC(N3CCN(C)CC3)CC2)ccc1Nc1ncc2c(n1)N(C1CCCC1)c1ccccc1C(=O)N2C. The molecule has 242 valence electrons. The summed E-state index contributed by atoms with van der Waals surface area (Å²) in [6.45, 7) is 5.96. The van der Waals surface area contributed by atoms with Crippen LogP contribution in [0.1, 0.15) is 59.2 Å². The van der Waals surface area contributed by atoms with Gasteiger partial charge in [0.15, 0.2) is 5.82 Å². The van der Waals surface area contributed by atoms with Crippen LogP contribution in [0.25, 0.3) is 0 Å². The molecule has 46 heavy (non-hydrogen) atoms. The van der Waals surface area contributed by atoms with Crippen molar-refractivity contribution in [3.63, 3.8) is 0 Å². The van der Waals surface area contributed by atoms with Gasteiger partial charge in [0.25, 0.3) is 11.8 Å². The first kappa shape index (κ1) is 30.4. The van der Waals surface area contributed by atoms with Crippen molar-refractivity contribution in [2.45, 2.75) is 50.6 Å². The number of benzene rings is 2. The number of rotatable bonds is 6. The van der Waals surface area contributed by atoms with Crippen LogP contribution in [-0.4, -0.2) is 109 Å². The Labute approximate surface area is 271 Å². The Hall–Kier alpha value is -4.22. The minimum atomic E-state index is -0.0767. The molecule has 0 unspecified atom stereocenters. The normalized spacial score (nSPS) is 20.0. The number of carbonyl (C=O) groups excluding carboxylic acids is 2. The van der Waals surface area contributed by atoms with Crippen LogP contribution < -0.4 is 19.9 Å². The molecule has 2 saturated heterocycles. The summed E-state index contributed by atoms with van der Waals surface area (Å²) in [5, 5.41) is 3.33. The molecule has 1 aromatic heterocycles. The molecule has 3 fully saturated rings. The summed E-state index contributed by atoms with van der Waals surface area (Å²) in [5.74, 6) is 1.59. The summed E-state index contributed by atoms with van der Waals surface area (Å²) in [6.07, 6.45) is 8.09. The fraction of sp³-hybridized carbons (Fsp3) is 0.486. The quantitative estimate of drug-likeness (QED) is 0.417. The van der Waals surface area contributed by atoms with Gasteiger partial charge in [-0.15, -0.1) is 0 Å². The molecule has 1 N–H and O–H groups in total. The minimum Gasteiger partial charge on any atom is -0.495 e. The van der Waals surface area contributed by atoms with Crippen molar-refractivity contribution in [1.82, 2.24) is 24.7 Å². The van der Waals surface area contributed by atoms with E-state index in [1.807, 2.05) is 41.3 Å². The Morgan fingerprint density at radius 3 is 2.37 bits per heavy atom. The number of hydrogen-bond acceptors (Lipinski definition) is 9. The van der Waals surface area contributed by atoms with Gasteiger partial charge in [-0.1, -0.05) is 25.0 Å². The minimum absolute atomic E-state index is 0.0292. The number of piperazine rings is 1. The van der Waals surface area contributed by atoms with E-state index in [1.54, 1.807) is 31.3 Å². The van der Waals surface area contributed by atoms with Crippen LogP contribution in [0.5, 0.6) is 5.75 Å². The number of para-hydroxylation sites is 1. The molecule has 2 amide bonds. The Balaban J connectivity index is 1.10. The van der Waals surface area contributed by atoms with E-state index in [4.69, 9.17) is 9.72 Å². The number of anilines is 5. The zero-order valence-corrected chi connectivity index (χ0v) is 27.1. The van der Waals surface area contributed by atoms with Crippen LogP contribution in [0.2, 0.25) is 0 Å². The van der Waals surface area contributed by atoms with Crippen molar-refractivity contribution in [3.8, 4) is 5.75 Å². The predicted octanol–water partition coefficient (Wildman–Crippen LogP) is 4.75. The molecule has 0 spiro atoms. The topological polar surface area (TPSA) is 97.4 Å². The van der Waals surface area contributed by atoms with Crippen molar-refractivity contribution in [2.24, 2.45) is 0 Å². The zero-order chi connectivity index (χ0) is 31.8. The van der Waals surface area contributed by atoms with Crippen LogP contribution >= 0.6 is 0 Å². The molecule has 11 nitrogen and oxygen atoms in total. The second kappa shape index (κ2) is 12.9. The first-order valence-electron chi connectivity index (χ1n) is 16.6. The van der Waals surface area contributed by atoms with Crippen molar-refractivity contribution in [1.29, 1.82) is 0 Å². The molecule has 7 rings (SSSR count). The number of methoxy groups -OCH3 is 1. The molecule has 3 aromatic rings. The summed E-state index contributed by atoms with van der Waals surface area (Å²) < 4.78 is 5.75. The predicted molar refractivity (Wildman–Crippen MR) is 180 cm³/mol. The maximum atomic E-state index is 13.5. The van der Waals surface area contributed by atoms with Crippen molar-refractivity contribution in [2.75, 3.05) is 75.6 Å². The van der Waals surface area contributed by atoms with E-state index in [0.29, 0.717) is 46.1 Å². The number of carbonyl (C=O) groups is 2. The Morgan fingerprint density at radius 2 is 1.63 bits per heavy atom. The lowest BCUT2D eigenvalue weighted by Crippen LogP contribution is -2.52. The lowest BCUT2D eigenvalue weighted by Gasteiger charge is -2.42. The summed E-state index contributed by atoms with van der Waals surface area (Å²) >= 11 is 0. The highest BCUT2D eigenvalue weighted by atomic mass is 16.5. The summed E-state index contributed by atoms with van der Waals surface area (Å²) in [7, 11) is 5.56. The maximum Gasteiger partial charge on any atom is 0.260 e. The highest BCUT2D eigenvalue weighted by Crippen LogP contribution is 2.43. The molecule has 3 aliphatic heterocycles. The van der Waals surface area contributed by atoms with Crippen LogP contribution in [0, 0.1) is 0 Å². The van der Waals surface area contributed by atoms with Gasteiger partial charge < -0.3 is 29.7 Å². The summed E-state index contributed by atoms with van der Waals surface area (Å²) in [6, 6.07) is 14.1. The van der Waals surface area contributed by atoms with Crippen molar-refractivity contribution in [3.05, 3.63) is 59.8 Å². The van der Waals surface area contributed by atoms with Crippen LogP contribution in [-0.2, 0) is 0 Å². The Kier molecular flexibility index (Phi) is 8.52. The van der Waals surface area contributed by atoms with Gasteiger partial charge in [0.1, 0.15) is 11.4 Å². The number of nitrogens with zero attached hydrogens (tertiary/aromatic N) is 7.